The van der Waals surface area contributed by atoms with Gasteiger partial charge in [-0.25, -0.2) is 0 Å². The molecule has 1 heterocycles. The molecule has 2 nitrogen and oxygen atoms in total. The molecule has 0 N–H and O–H groups in total. The average Bonchev–Trinajstić information content (AvgIpc) is 3.76. The number of anilines is 3. The lowest BCUT2D eigenvalue weighted by Gasteiger charge is -2.26. The van der Waals surface area contributed by atoms with Crippen LogP contribution in [-0.2, 0) is 5.41 Å². The number of fused-ring (bicyclic) bond motifs is 7. The Balaban J connectivity index is 1.02. The van der Waals surface area contributed by atoms with Gasteiger partial charge < -0.3 is 9.32 Å². The third kappa shape index (κ3) is 5.40. The summed E-state index contributed by atoms with van der Waals surface area (Å²) in [5, 5.41) is 4.79. The number of hydrogen-bond acceptors (Lipinski definition) is 2. The molecule has 2 heteroatoms. The van der Waals surface area contributed by atoms with Gasteiger partial charge >= 0.3 is 0 Å². The first kappa shape index (κ1) is 33.2. The number of nitrogens with zero attached hydrogens (tertiary/aromatic N) is 1. The van der Waals surface area contributed by atoms with E-state index in [1.54, 1.807) is 0 Å². The van der Waals surface area contributed by atoms with Gasteiger partial charge in [-0.15, -0.1) is 0 Å². The Morgan fingerprint density at radius 1 is 0.368 bits per heavy atom. The highest BCUT2D eigenvalue weighted by Gasteiger charge is 2.35. The summed E-state index contributed by atoms with van der Waals surface area (Å²) in [4.78, 5) is 2.37. The van der Waals surface area contributed by atoms with Crippen LogP contribution in [-0.4, -0.2) is 0 Å². The van der Waals surface area contributed by atoms with Crippen molar-refractivity contribution in [1.82, 2.24) is 0 Å². The summed E-state index contributed by atoms with van der Waals surface area (Å²) in [5.74, 6) is 0. The molecule has 0 saturated heterocycles. The third-order valence-corrected chi connectivity index (χ3v) is 12.1. The van der Waals surface area contributed by atoms with E-state index in [0.29, 0.717) is 0 Å². The molecule has 10 aromatic rings. The van der Waals surface area contributed by atoms with Crippen molar-refractivity contribution in [2.75, 3.05) is 4.90 Å². The van der Waals surface area contributed by atoms with Gasteiger partial charge in [0.2, 0.25) is 0 Å². The lowest BCUT2D eigenvalue weighted by atomic mass is 9.82. The zero-order valence-corrected chi connectivity index (χ0v) is 31.9. The summed E-state index contributed by atoms with van der Waals surface area (Å²) in [5.41, 5.74) is 17.7. The Labute approximate surface area is 332 Å². The van der Waals surface area contributed by atoms with Crippen molar-refractivity contribution in [3.8, 4) is 44.5 Å². The number of benzene rings is 9. The van der Waals surface area contributed by atoms with Crippen LogP contribution in [0.3, 0.4) is 0 Å². The summed E-state index contributed by atoms with van der Waals surface area (Å²) >= 11 is 0. The lowest BCUT2D eigenvalue weighted by molar-refractivity contribution is 0.660. The van der Waals surface area contributed by atoms with Crippen LogP contribution in [0.25, 0.3) is 77.2 Å². The first-order chi connectivity index (χ1) is 28.0. The molecule has 57 heavy (non-hydrogen) atoms. The minimum atomic E-state index is -0.0241. The Morgan fingerprint density at radius 3 is 1.75 bits per heavy atom. The van der Waals surface area contributed by atoms with Gasteiger partial charge in [0.25, 0.3) is 0 Å². The lowest BCUT2D eigenvalue weighted by Crippen LogP contribution is -2.14. The second kappa shape index (κ2) is 13.0. The van der Waals surface area contributed by atoms with Gasteiger partial charge in [0.05, 0.1) is 0 Å². The molecular formula is C55H39NO. The van der Waals surface area contributed by atoms with Crippen LogP contribution in [0.1, 0.15) is 25.0 Å². The number of hydrogen-bond donors (Lipinski definition) is 0. The van der Waals surface area contributed by atoms with Crippen LogP contribution in [0.2, 0.25) is 0 Å². The van der Waals surface area contributed by atoms with Gasteiger partial charge in [-0.05, 0) is 121 Å². The van der Waals surface area contributed by atoms with Crippen LogP contribution in [0.5, 0.6) is 0 Å². The molecule has 0 atom stereocenters. The molecule has 1 aromatic heterocycles. The summed E-state index contributed by atoms with van der Waals surface area (Å²) in [6.07, 6.45) is 0. The van der Waals surface area contributed by atoms with Crippen molar-refractivity contribution in [3.05, 3.63) is 211 Å². The van der Waals surface area contributed by atoms with Crippen LogP contribution in [0.4, 0.5) is 17.1 Å². The van der Waals surface area contributed by atoms with Gasteiger partial charge in [0, 0.05) is 33.2 Å². The van der Waals surface area contributed by atoms with Crippen molar-refractivity contribution < 1.29 is 4.42 Å². The van der Waals surface area contributed by atoms with Crippen LogP contribution in [0, 0.1) is 0 Å². The Bertz CT molecular complexity index is 3140. The maximum Gasteiger partial charge on any atom is 0.136 e. The van der Waals surface area contributed by atoms with Gasteiger partial charge in [-0.1, -0.05) is 159 Å². The summed E-state index contributed by atoms with van der Waals surface area (Å²) in [6.45, 7) is 4.68. The SMILES string of the molecule is CC1(C)c2ccccc2-c2cc(-c3cccc(N(c4ccc(-c5cccc6ccccc56)cc4)c4ccc(-c5cccc6oc7ccccc7c56)cc4)c3)ccc21. The normalized spacial score (nSPS) is 12.9. The van der Waals surface area contributed by atoms with Crippen molar-refractivity contribution in [3.63, 3.8) is 0 Å². The highest BCUT2D eigenvalue weighted by molar-refractivity contribution is 6.12. The minimum Gasteiger partial charge on any atom is -0.456 e. The molecule has 0 spiro atoms. The van der Waals surface area contributed by atoms with Gasteiger partial charge in [-0.3, -0.25) is 0 Å². The van der Waals surface area contributed by atoms with E-state index in [0.717, 1.165) is 44.6 Å². The summed E-state index contributed by atoms with van der Waals surface area (Å²) in [6, 6.07) is 72.7. The van der Waals surface area contributed by atoms with E-state index in [9.17, 15) is 0 Å². The number of furan rings is 1. The van der Waals surface area contributed by atoms with Gasteiger partial charge in [0.1, 0.15) is 11.2 Å². The average molecular weight is 730 g/mol. The molecule has 0 unspecified atom stereocenters. The molecule has 0 bridgehead atoms. The molecule has 0 aliphatic heterocycles. The van der Waals surface area contributed by atoms with Crippen molar-refractivity contribution in [1.29, 1.82) is 0 Å². The van der Waals surface area contributed by atoms with Crippen LogP contribution < -0.4 is 4.90 Å². The third-order valence-electron chi connectivity index (χ3n) is 12.1. The predicted octanol–water partition coefficient (Wildman–Crippen LogP) is 15.5. The first-order valence-electron chi connectivity index (χ1n) is 19.8. The molecule has 0 saturated carbocycles. The quantitative estimate of drug-likeness (QED) is 0.169. The Kier molecular flexibility index (Phi) is 7.55. The van der Waals surface area contributed by atoms with Gasteiger partial charge in [0.15, 0.2) is 0 Å². The smallest absolute Gasteiger partial charge is 0.136 e. The van der Waals surface area contributed by atoms with Crippen LogP contribution in [0.15, 0.2) is 205 Å². The molecule has 1 aliphatic carbocycles. The molecule has 270 valence electrons. The summed E-state index contributed by atoms with van der Waals surface area (Å²) in [7, 11) is 0. The number of para-hydroxylation sites is 1. The molecule has 1 aliphatic rings. The second-order valence-electron chi connectivity index (χ2n) is 15.7. The van der Waals surface area contributed by atoms with E-state index in [-0.39, 0.29) is 5.41 Å². The standard InChI is InChI=1S/C55H39NO/c1-55(2)50-21-7-5-17-47(50)49-35-40(28-33-51(49)55)39-14-9-15-43(34-39)56(41-29-24-37(25-30-41)45-19-10-13-36-12-3-4-16-44(36)45)42-31-26-38(27-32-42)46-20-11-23-53-54(46)48-18-6-8-22-52(48)57-53/h3-35H,1-2H3. The molecule has 0 amide bonds. The molecule has 9 aromatic carbocycles. The van der Waals surface area contributed by atoms with Crippen molar-refractivity contribution in [2.45, 2.75) is 19.3 Å². The maximum atomic E-state index is 6.25. The molecule has 0 radical (unpaired) electrons. The fraction of sp³-hybridized carbons (Fsp3) is 0.0545. The Hall–Kier alpha value is -7.16. The molecular weight excluding hydrogens is 691 g/mol. The summed E-state index contributed by atoms with van der Waals surface area (Å²) < 4.78 is 6.25. The van der Waals surface area contributed by atoms with Gasteiger partial charge in [-0.2, -0.15) is 0 Å². The molecule has 11 rings (SSSR count). The van der Waals surface area contributed by atoms with Crippen LogP contribution >= 0.6 is 0 Å². The first-order valence-corrected chi connectivity index (χ1v) is 19.8. The minimum absolute atomic E-state index is 0.0241. The maximum absolute atomic E-state index is 6.25. The van der Waals surface area contributed by atoms with E-state index >= 15 is 0 Å². The predicted molar refractivity (Wildman–Crippen MR) is 240 cm³/mol. The van der Waals surface area contributed by atoms with E-state index in [1.807, 2.05) is 12.1 Å². The zero-order valence-electron chi connectivity index (χ0n) is 31.9. The zero-order chi connectivity index (χ0) is 38.1. The highest BCUT2D eigenvalue weighted by atomic mass is 16.3. The van der Waals surface area contributed by atoms with Crippen molar-refractivity contribution in [2.24, 2.45) is 0 Å². The fourth-order valence-corrected chi connectivity index (χ4v) is 9.24. The van der Waals surface area contributed by atoms with E-state index in [1.165, 1.54) is 60.8 Å². The van der Waals surface area contributed by atoms with Crippen molar-refractivity contribution >= 4 is 49.8 Å². The fourth-order valence-electron chi connectivity index (χ4n) is 9.24. The second-order valence-corrected chi connectivity index (χ2v) is 15.7. The van der Waals surface area contributed by atoms with E-state index in [2.05, 4.69) is 207 Å². The van der Waals surface area contributed by atoms with E-state index < -0.39 is 0 Å². The highest BCUT2D eigenvalue weighted by Crippen LogP contribution is 2.50. The Morgan fingerprint density at radius 2 is 0.930 bits per heavy atom. The molecule has 0 fully saturated rings. The number of rotatable bonds is 6. The monoisotopic (exact) mass is 729 g/mol. The largest absolute Gasteiger partial charge is 0.456 e. The van der Waals surface area contributed by atoms with E-state index in [4.69, 9.17) is 4.42 Å². The topological polar surface area (TPSA) is 16.4 Å².